The summed E-state index contributed by atoms with van der Waals surface area (Å²) in [4.78, 5) is 17.3. The number of nitrogens with zero attached hydrogens (tertiary/aromatic N) is 4. The van der Waals surface area contributed by atoms with Gasteiger partial charge in [0.15, 0.2) is 5.17 Å². The van der Waals surface area contributed by atoms with Crippen LogP contribution in [0.4, 0.5) is 0 Å². The predicted octanol–water partition coefficient (Wildman–Crippen LogP) is 4.25. The van der Waals surface area contributed by atoms with E-state index >= 15 is 0 Å². The number of hydrogen-bond donors (Lipinski definition) is 1. The second-order valence-electron chi connectivity index (χ2n) is 5.09. The molecule has 1 N–H and O–H groups in total. The Morgan fingerprint density at radius 3 is 2.32 bits per heavy atom. The van der Waals surface area contributed by atoms with Crippen LogP contribution in [0.5, 0.6) is 0 Å². The van der Waals surface area contributed by atoms with Gasteiger partial charge in [-0.15, -0.1) is 0 Å². The number of H-pyrrole nitrogens is 1. The summed E-state index contributed by atoms with van der Waals surface area (Å²) in [6, 6.07) is 0. The van der Waals surface area contributed by atoms with Gasteiger partial charge in [0.2, 0.25) is 0 Å². The molecule has 0 saturated carbocycles. The van der Waals surface area contributed by atoms with E-state index in [0.29, 0.717) is 10.3 Å². The van der Waals surface area contributed by atoms with Crippen molar-refractivity contribution >= 4 is 34.2 Å². The van der Waals surface area contributed by atoms with Gasteiger partial charge in [0.25, 0.3) is 0 Å². The number of rotatable bonds is 5. The number of amidine groups is 1. The minimum absolute atomic E-state index is 0.497. The van der Waals surface area contributed by atoms with Crippen molar-refractivity contribution in [1.29, 1.82) is 0 Å². The van der Waals surface area contributed by atoms with E-state index in [1.165, 1.54) is 0 Å². The number of aliphatic imine (C=N–C) groups is 2. The van der Waals surface area contributed by atoms with Crippen molar-refractivity contribution < 1.29 is 0 Å². The zero-order chi connectivity index (χ0) is 16.5. The van der Waals surface area contributed by atoms with Gasteiger partial charge in [0.1, 0.15) is 22.5 Å². The molecule has 1 aromatic heterocycles. The van der Waals surface area contributed by atoms with Crippen LogP contribution in [0.1, 0.15) is 38.9 Å². The van der Waals surface area contributed by atoms with E-state index in [-0.39, 0.29) is 0 Å². The van der Waals surface area contributed by atoms with Crippen LogP contribution >= 0.6 is 23.2 Å². The number of nitrogens with one attached hydrogen (secondary N) is 1. The summed E-state index contributed by atoms with van der Waals surface area (Å²) in [6.45, 7) is 4.20. The zero-order valence-electron chi connectivity index (χ0n) is 13.5. The Labute approximate surface area is 142 Å². The van der Waals surface area contributed by atoms with Gasteiger partial charge in [-0.3, -0.25) is 0 Å². The Kier molecular flexibility index (Phi) is 8.20. The van der Waals surface area contributed by atoms with Crippen molar-refractivity contribution in [3.8, 4) is 0 Å². The molecule has 0 atom stereocenters. The molecule has 0 spiro atoms. The van der Waals surface area contributed by atoms with Gasteiger partial charge in [-0.25, -0.2) is 15.0 Å². The number of halogens is 2. The fourth-order valence-electron chi connectivity index (χ4n) is 1.74. The zero-order valence-corrected chi connectivity index (χ0v) is 15.0. The fourth-order valence-corrected chi connectivity index (χ4v) is 2.09. The monoisotopic (exact) mass is 343 g/mol. The van der Waals surface area contributed by atoms with Gasteiger partial charge >= 0.3 is 0 Å². The first-order valence-electron chi connectivity index (χ1n) is 7.36. The smallest absolute Gasteiger partial charge is 0.158 e. The second kappa shape index (κ2) is 9.64. The third-order valence-electron chi connectivity index (χ3n) is 2.63. The van der Waals surface area contributed by atoms with Crippen LogP contribution < -0.4 is 0 Å². The highest BCUT2D eigenvalue weighted by molar-refractivity contribution is 6.71. The van der Waals surface area contributed by atoms with Gasteiger partial charge in [0, 0.05) is 33.1 Å². The molecule has 7 heteroatoms. The minimum atomic E-state index is 0.497. The second-order valence-corrected chi connectivity index (χ2v) is 5.85. The van der Waals surface area contributed by atoms with E-state index in [0.717, 1.165) is 43.0 Å². The van der Waals surface area contributed by atoms with E-state index in [1.54, 1.807) is 6.20 Å². The van der Waals surface area contributed by atoms with Crippen LogP contribution in [-0.2, 0) is 6.42 Å². The lowest BCUT2D eigenvalue weighted by Gasteiger charge is -2.03. The molecule has 22 heavy (non-hydrogen) atoms. The van der Waals surface area contributed by atoms with Crippen LogP contribution in [0.25, 0.3) is 0 Å². The molecule has 5 nitrogen and oxygen atoms in total. The molecule has 0 unspecified atom stereocenters. The first-order chi connectivity index (χ1) is 10.5. The van der Waals surface area contributed by atoms with Crippen LogP contribution in [0, 0.1) is 0 Å². The highest BCUT2D eigenvalue weighted by atomic mass is 35.5. The highest BCUT2D eigenvalue weighted by Gasteiger charge is 2.13. The SMILES string of the molecule is CCCC1=NC(=CN(C)C)C(Cl)=N1.CCCc1ncc(Cl)[nH]1. The lowest BCUT2D eigenvalue weighted by atomic mass is 10.3. The van der Waals surface area contributed by atoms with Crippen molar-refractivity contribution in [3.05, 3.63) is 29.1 Å². The molecular formula is C15H23Cl2N5. The maximum absolute atomic E-state index is 5.89. The topological polar surface area (TPSA) is 56.6 Å². The van der Waals surface area contributed by atoms with Gasteiger partial charge in [-0.05, 0) is 12.8 Å². The van der Waals surface area contributed by atoms with Gasteiger partial charge in [0.05, 0.1) is 6.20 Å². The number of aromatic nitrogens is 2. The molecule has 0 bridgehead atoms. The summed E-state index contributed by atoms with van der Waals surface area (Å²) in [5, 5.41) is 1.12. The van der Waals surface area contributed by atoms with Crippen molar-refractivity contribution in [2.24, 2.45) is 9.98 Å². The summed E-state index contributed by atoms with van der Waals surface area (Å²) in [5.41, 5.74) is 0.759. The fraction of sp³-hybridized carbons (Fsp3) is 0.533. The predicted molar refractivity (Wildman–Crippen MR) is 95.0 cm³/mol. The van der Waals surface area contributed by atoms with E-state index in [4.69, 9.17) is 23.2 Å². The average molecular weight is 344 g/mol. The molecule has 0 radical (unpaired) electrons. The molecule has 0 fully saturated rings. The molecule has 0 aliphatic carbocycles. The van der Waals surface area contributed by atoms with Crippen LogP contribution in [-0.4, -0.2) is 40.0 Å². The summed E-state index contributed by atoms with van der Waals surface area (Å²) in [7, 11) is 3.87. The molecule has 122 valence electrons. The molecule has 0 amide bonds. The van der Waals surface area contributed by atoms with Crippen molar-refractivity contribution in [1.82, 2.24) is 14.9 Å². The Morgan fingerprint density at radius 1 is 1.14 bits per heavy atom. The highest BCUT2D eigenvalue weighted by Crippen LogP contribution is 2.15. The minimum Gasteiger partial charge on any atom is -0.382 e. The summed E-state index contributed by atoms with van der Waals surface area (Å²) < 4.78 is 0. The van der Waals surface area contributed by atoms with Crippen LogP contribution in [0.15, 0.2) is 28.1 Å². The lowest BCUT2D eigenvalue weighted by molar-refractivity contribution is 0.560. The molecule has 1 aliphatic rings. The molecule has 0 aromatic carbocycles. The molecular weight excluding hydrogens is 321 g/mol. The standard InChI is InChI=1S/C9H14ClN3.C6H9ClN2/c1-4-5-8-11-7(6-13(2)3)9(10)12-8;1-2-3-6-8-4-5(7)9-6/h6H,4-5H2,1-3H3;4H,2-3H2,1H3,(H,8,9). The molecule has 2 rings (SSSR count). The van der Waals surface area contributed by atoms with Crippen LogP contribution in [0.2, 0.25) is 5.15 Å². The largest absolute Gasteiger partial charge is 0.382 e. The Bertz CT molecular complexity index is 558. The van der Waals surface area contributed by atoms with Crippen molar-refractivity contribution in [2.45, 2.75) is 39.5 Å². The number of allylic oxidation sites excluding steroid dienone is 1. The average Bonchev–Trinajstić information content (AvgIpc) is 2.98. The quantitative estimate of drug-likeness (QED) is 0.868. The third-order valence-corrected chi connectivity index (χ3v) is 3.10. The van der Waals surface area contributed by atoms with Gasteiger partial charge in [-0.2, -0.15) is 0 Å². The third kappa shape index (κ3) is 6.62. The Balaban J connectivity index is 0.000000235. The summed E-state index contributed by atoms with van der Waals surface area (Å²) in [6.07, 6.45) is 7.51. The maximum atomic E-state index is 5.89. The summed E-state index contributed by atoms with van der Waals surface area (Å²) in [5.74, 6) is 1.81. The molecule has 1 aliphatic heterocycles. The number of imidazole rings is 1. The molecule has 0 saturated heterocycles. The number of aromatic amines is 1. The van der Waals surface area contributed by atoms with Crippen molar-refractivity contribution in [2.75, 3.05) is 14.1 Å². The van der Waals surface area contributed by atoms with E-state index in [2.05, 4.69) is 33.8 Å². The van der Waals surface area contributed by atoms with Crippen LogP contribution in [0.3, 0.4) is 0 Å². The normalized spacial score (nSPS) is 15.3. The van der Waals surface area contributed by atoms with E-state index in [1.807, 2.05) is 25.2 Å². The summed E-state index contributed by atoms with van der Waals surface area (Å²) >= 11 is 11.5. The lowest BCUT2D eigenvalue weighted by Crippen LogP contribution is -2.03. The Morgan fingerprint density at radius 2 is 1.82 bits per heavy atom. The maximum Gasteiger partial charge on any atom is 0.158 e. The molecule has 1 aromatic rings. The Hall–Kier alpha value is -1.33. The first-order valence-corrected chi connectivity index (χ1v) is 8.11. The van der Waals surface area contributed by atoms with Gasteiger partial charge < -0.3 is 9.88 Å². The molecule has 2 heterocycles. The van der Waals surface area contributed by atoms with Crippen molar-refractivity contribution in [3.63, 3.8) is 0 Å². The number of hydrogen-bond acceptors (Lipinski definition) is 4. The number of aryl methyl sites for hydroxylation is 1. The van der Waals surface area contributed by atoms with Gasteiger partial charge in [-0.1, -0.05) is 37.0 Å². The van der Waals surface area contributed by atoms with E-state index < -0.39 is 0 Å². The first kappa shape index (κ1) is 18.7. The van der Waals surface area contributed by atoms with E-state index in [9.17, 15) is 0 Å².